The smallest absolute Gasteiger partial charge is 0.247 e. The lowest BCUT2D eigenvalue weighted by atomic mass is 10.1. The molecule has 7 nitrogen and oxygen atoms in total. The highest BCUT2D eigenvalue weighted by Gasteiger charge is 2.10. The third-order valence-electron chi connectivity index (χ3n) is 3.69. The first-order chi connectivity index (χ1) is 12.7. The van der Waals surface area contributed by atoms with Crippen molar-refractivity contribution in [3.8, 4) is 17.3 Å². The maximum atomic E-state index is 12.2. The number of benzene rings is 2. The monoisotopic (exact) mass is 360 g/mol. The second-order valence-electron chi connectivity index (χ2n) is 5.53. The van der Waals surface area contributed by atoms with Gasteiger partial charge in [-0.2, -0.15) is 5.26 Å². The molecule has 2 aromatic carbocycles. The van der Waals surface area contributed by atoms with E-state index >= 15 is 0 Å². The van der Waals surface area contributed by atoms with Gasteiger partial charge in [-0.15, -0.1) is 5.10 Å². The van der Waals surface area contributed by atoms with Crippen LogP contribution in [0.15, 0.2) is 54.7 Å². The molecule has 0 saturated carbocycles. The summed E-state index contributed by atoms with van der Waals surface area (Å²) >= 11 is 1.43. The van der Waals surface area contributed by atoms with E-state index in [1.165, 1.54) is 16.0 Å². The van der Waals surface area contributed by atoms with Gasteiger partial charge in [0.1, 0.15) is 12.2 Å². The van der Waals surface area contributed by atoms with Gasteiger partial charge in [0, 0.05) is 5.56 Å². The van der Waals surface area contributed by atoms with E-state index in [1.54, 1.807) is 30.5 Å². The van der Waals surface area contributed by atoms with Gasteiger partial charge in [-0.25, -0.2) is 9.67 Å². The van der Waals surface area contributed by atoms with Crippen molar-refractivity contribution >= 4 is 32.6 Å². The molecule has 0 aliphatic carbocycles. The van der Waals surface area contributed by atoms with Crippen molar-refractivity contribution in [1.29, 1.82) is 5.26 Å². The normalized spacial score (nSPS) is 10.6. The Morgan fingerprint density at radius 1 is 1.19 bits per heavy atom. The summed E-state index contributed by atoms with van der Waals surface area (Å²) in [6.07, 6.45) is 1.69. The highest BCUT2D eigenvalue weighted by atomic mass is 32.1. The summed E-state index contributed by atoms with van der Waals surface area (Å²) < 4.78 is 2.49. The zero-order valence-electron chi connectivity index (χ0n) is 13.5. The molecule has 8 heteroatoms. The number of anilines is 1. The number of fused-ring (bicyclic) bond motifs is 1. The molecule has 0 fully saturated rings. The van der Waals surface area contributed by atoms with E-state index in [0.717, 1.165) is 15.8 Å². The van der Waals surface area contributed by atoms with Crippen LogP contribution in [0.1, 0.15) is 5.56 Å². The van der Waals surface area contributed by atoms with Crippen LogP contribution in [0.4, 0.5) is 5.13 Å². The number of carbonyl (C=O) groups is 1. The molecule has 0 saturated heterocycles. The van der Waals surface area contributed by atoms with Crippen LogP contribution in [0.3, 0.4) is 0 Å². The Morgan fingerprint density at radius 2 is 2.00 bits per heavy atom. The second kappa shape index (κ2) is 6.74. The van der Waals surface area contributed by atoms with Crippen LogP contribution in [0.5, 0.6) is 0 Å². The van der Waals surface area contributed by atoms with E-state index in [-0.39, 0.29) is 12.5 Å². The summed E-state index contributed by atoms with van der Waals surface area (Å²) in [6.45, 7) is 0.0409. The molecule has 2 aromatic heterocycles. The molecule has 26 heavy (non-hydrogen) atoms. The van der Waals surface area contributed by atoms with Gasteiger partial charge in [0.15, 0.2) is 5.13 Å². The van der Waals surface area contributed by atoms with Crippen molar-refractivity contribution < 1.29 is 4.79 Å². The number of carbonyl (C=O) groups excluding carboxylic acids is 1. The van der Waals surface area contributed by atoms with Crippen LogP contribution in [0.2, 0.25) is 0 Å². The van der Waals surface area contributed by atoms with E-state index in [0.29, 0.717) is 16.4 Å². The molecule has 0 aliphatic heterocycles. The molecule has 0 spiro atoms. The first kappa shape index (κ1) is 15.9. The van der Waals surface area contributed by atoms with Crippen molar-refractivity contribution in [3.63, 3.8) is 0 Å². The summed E-state index contributed by atoms with van der Waals surface area (Å²) in [7, 11) is 0. The zero-order chi connectivity index (χ0) is 17.9. The number of nitrogens with one attached hydrogen (secondary N) is 1. The maximum absolute atomic E-state index is 12.2. The van der Waals surface area contributed by atoms with Gasteiger partial charge >= 0.3 is 0 Å². The molecule has 0 unspecified atom stereocenters. The van der Waals surface area contributed by atoms with E-state index in [9.17, 15) is 4.79 Å². The molecule has 2 heterocycles. The standard InChI is InChI=1S/C18H12N6OS/c19-9-12-5-7-13(8-6-12)15-10-24(23-22-15)11-17(25)21-18-20-14-3-1-2-4-16(14)26-18/h1-8,10H,11H2,(H,20,21,25). The molecule has 126 valence electrons. The van der Waals surface area contributed by atoms with Crippen LogP contribution >= 0.6 is 11.3 Å². The van der Waals surface area contributed by atoms with E-state index in [4.69, 9.17) is 5.26 Å². The molecule has 1 amide bonds. The highest BCUT2D eigenvalue weighted by molar-refractivity contribution is 7.22. The number of thiazole rings is 1. The van der Waals surface area contributed by atoms with Crippen LogP contribution < -0.4 is 5.32 Å². The molecule has 0 aliphatic rings. The fourth-order valence-corrected chi connectivity index (χ4v) is 3.34. The lowest BCUT2D eigenvalue weighted by molar-refractivity contribution is -0.116. The molecule has 4 aromatic rings. The van der Waals surface area contributed by atoms with Crippen molar-refractivity contribution in [2.45, 2.75) is 6.54 Å². The van der Waals surface area contributed by atoms with Crippen LogP contribution in [0.25, 0.3) is 21.5 Å². The minimum Gasteiger partial charge on any atom is -0.300 e. The number of amides is 1. The maximum Gasteiger partial charge on any atom is 0.247 e. The number of hydrogen-bond acceptors (Lipinski definition) is 6. The third kappa shape index (κ3) is 3.29. The summed E-state index contributed by atoms with van der Waals surface area (Å²) in [5.74, 6) is -0.222. The molecule has 0 atom stereocenters. The van der Waals surface area contributed by atoms with Crippen molar-refractivity contribution in [2.75, 3.05) is 5.32 Å². The molecular weight excluding hydrogens is 348 g/mol. The Bertz CT molecular complexity index is 1090. The second-order valence-corrected chi connectivity index (χ2v) is 6.56. The summed E-state index contributed by atoms with van der Waals surface area (Å²) in [5, 5.41) is 20.2. The molecular formula is C18H12N6OS. The Morgan fingerprint density at radius 3 is 2.77 bits per heavy atom. The minimum atomic E-state index is -0.222. The Kier molecular flexibility index (Phi) is 4.13. The number of nitrogens with zero attached hydrogens (tertiary/aromatic N) is 5. The van der Waals surface area contributed by atoms with Crippen LogP contribution in [0, 0.1) is 11.3 Å². The quantitative estimate of drug-likeness (QED) is 0.603. The SMILES string of the molecule is N#Cc1ccc(-c2cn(CC(=O)Nc3nc4ccccc4s3)nn2)cc1. The Hall–Kier alpha value is -3.57. The van der Waals surface area contributed by atoms with Gasteiger partial charge in [-0.3, -0.25) is 4.79 Å². The van der Waals surface area contributed by atoms with Gasteiger partial charge in [0.25, 0.3) is 0 Å². The number of aromatic nitrogens is 4. The van der Waals surface area contributed by atoms with Gasteiger partial charge in [0.2, 0.25) is 5.91 Å². The summed E-state index contributed by atoms with van der Waals surface area (Å²) in [6, 6.07) is 16.8. The first-order valence-corrected chi connectivity index (χ1v) is 8.59. The fourth-order valence-electron chi connectivity index (χ4n) is 2.46. The van der Waals surface area contributed by atoms with Gasteiger partial charge in [-0.05, 0) is 24.3 Å². The van der Waals surface area contributed by atoms with Crippen molar-refractivity contribution in [1.82, 2.24) is 20.0 Å². The predicted molar refractivity (Wildman–Crippen MR) is 98.4 cm³/mol. The van der Waals surface area contributed by atoms with Crippen LogP contribution in [-0.2, 0) is 11.3 Å². The topological polar surface area (TPSA) is 96.5 Å². The third-order valence-corrected chi connectivity index (χ3v) is 4.65. The number of para-hydroxylation sites is 1. The van der Waals surface area contributed by atoms with Crippen LogP contribution in [-0.4, -0.2) is 25.9 Å². The van der Waals surface area contributed by atoms with Gasteiger partial charge in [-0.1, -0.05) is 40.8 Å². The largest absolute Gasteiger partial charge is 0.300 e. The molecule has 1 N–H and O–H groups in total. The van der Waals surface area contributed by atoms with E-state index in [1.807, 2.05) is 24.3 Å². The Balaban J connectivity index is 1.44. The predicted octanol–water partition coefficient (Wildman–Crippen LogP) is 3.07. The molecule has 0 radical (unpaired) electrons. The fraction of sp³-hybridized carbons (Fsp3) is 0.0556. The summed E-state index contributed by atoms with van der Waals surface area (Å²) in [4.78, 5) is 16.6. The number of rotatable bonds is 4. The summed E-state index contributed by atoms with van der Waals surface area (Å²) in [5.41, 5.74) is 2.91. The number of nitriles is 1. The zero-order valence-corrected chi connectivity index (χ0v) is 14.3. The van der Waals surface area contributed by atoms with Gasteiger partial charge in [0.05, 0.1) is 28.0 Å². The average Bonchev–Trinajstić information content (AvgIpc) is 3.28. The molecule has 4 rings (SSSR count). The Labute approximate surface area is 152 Å². The lowest BCUT2D eigenvalue weighted by Gasteiger charge is -2.00. The van der Waals surface area contributed by atoms with E-state index < -0.39 is 0 Å². The van der Waals surface area contributed by atoms with Crippen molar-refractivity contribution in [2.24, 2.45) is 0 Å². The minimum absolute atomic E-state index is 0.0409. The first-order valence-electron chi connectivity index (χ1n) is 7.77. The van der Waals surface area contributed by atoms with Crippen molar-refractivity contribution in [3.05, 3.63) is 60.3 Å². The highest BCUT2D eigenvalue weighted by Crippen LogP contribution is 2.25. The van der Waals surface area contributed by atoms with E-state index in [2.05, 4.69) is 26.7 Å². The molecule has 0 bridgehead atoms. The van der Waals surface area contributed by atoms with Gasteiger partial charge < -0.3 is 5.32 Å². The lowest BCUT2D eigenvalue weighted by Crippen LogP contribution is -2.19. The number of hydrogen-bond donors (Lipinski definition) is 1. The average molecular weight is 360 g/mol.